The van der Waals surface area contributed by atoms with Gasteiger partial charge in [-0.1, -0.05) is 0 Å². The molecule has 0 amide bonds. The number of hydrogen-bond donors (Lipinski definition) is 1. The summed E-state index contributed by atoms with van der Waals surface area (Å²) < 4.78 is 27.7. The highest BCUT2D eigenvalue weighted by Gasteiger charge is 2.30. The zero-order chi connectivity index (χ0) is 13.7. The van der Waals surface area contributed by atoms with Gasteiger partial charge in [0.05, 0.1) is 18.1 Å². The molecule has 1 atom stereocenters. The van der Waals surface area contributed by atoms with Gasteiger partial charge in [0.25, 0.3) is 0 Å². The van der Waals surface area contributed by atoms with Crippen molar-refractivity contribution in [2.75, 3.05) is 31.8 Å². The summed E-state index contributed by atoms with van der Waals surface area (Å²) in [6.07, 6.45) is 4.15. The molecule has 2 rings (SSSR count). The molecule has 0 saturated carbocycles. The van der Waals surface area contributed by atoms with Gasteiger partial charge in [0.2, 0.25) is 0 Å². The van der Waals surface area contributed by atoms with E-state index in [2.05, 4.69) is 15.3 Å². The van der Waals surface area contributed by atoms with Gasteiger partial charge < -0.3 is 10.1 Å². The van der Waals surface area contributed by atoms with Crippen molar-refractivity contribution in [2.24, 2.45) is 0 Å². The van der Waals surface area contributed by atoms with Crippen LogP contribution in [0.2, 0.25) is 0 Å². The van der Waals surface area contributed by atoms with Crippen molar-refractivity contribution in [3.05, 3.63) is 23.8 Å². The summed E-state index contributed by atoms with van der Waals surface area (Å²) in [6.45, 7) is 2.13. The molecule has 1 N–H and O–H groups in total. The monoisotopic (exact) mass is 285 g/mol. The van der Waals surface area contributed by atoms with Gasteiger partial charge in [-0.3, -0.25) is 0 Å². The molecule has 1 fully saturated rings. The largest absolute Gasteiger partial charge is 0.383 e. The van der Waals surface area contributed by atoms with Gasteiger partial charge in [-0.15, -0.1) is 0 Å². The van der Waals surface area contributed by atoms with Crippen molar-refractivity contribution in [2.45, 2.75) is 18.9 Å². The summed E-state index contributed by atoms with van der Waals surface area (Å²) >= 11 is 0. The Bertz CT molecular complexity index is 501. The average Bonchev–Trinajstić information content (AvgIpc) is 2.76. The molecular weight excluding hydrogens is 266 g/mol. The third-order valence-electron chi connectivity index (χ3n) is 3.13. The van der Waals surface area contributed by atoms with Crippen LogP contribution in [0.4, 0.5) is 0 Å². The fraction of sp³-hybridized carbons (Fsp3) is 0.667. The zero-order valence-corrected chi connectivity index (χ0v) is 11.8. The van der Waals surface area contributed by atoms with Crippen LogP contribution in [0.3, 0.4) is 0 Å². The van der Waals surface area contributed by atoms with E-state index in [1.807, 2.05) is 0 Å². The Morgan fingerprint density at radius 2 is 2.16 bits per heavy atom. The minimum Gasteiger partial charge on any atom is -0.383 e. The van der Waals surface area contributed by atoms with E-state index in [4.69, 9.17) is 4.74 Å². The van der Waals surface area contributed by atoms with Crippen LogP contribution >= 0.6 is 0 Å². The lowest BCUT2D eigenvalue weighted by Crippen LogP contribution is -2.19. The van der Waals surface area contributed by atoms with E-state index in [0.29, 0.717) is 25.4 Å². The fourth-order valence-electron chi connectivity index (χ4n) is 2.07. The Morgan fingerprint density at radius 1 is 1.42 bits per heavy atom. The molecule has 106 valence electrons. The van der Waals surface area contributed by atoms with Crippen LogP contribution in [0.25, 0.3) is 0 Å². The summed E-state index contributed by atoms with van der Waals surface area (Å²) in [7, 11) is -1.22. The zero-order valence-electron chi connectivity index (χ0n) is 11.0. The van der Waals surface area contributed by atoms with E-state index in [1.54, 1.807) is 19.5 Å². The van der Waals surface area contributed by atoms with Gasteiger partial charge in [0.15, 0.2) is 9.84 Å². The van der Waals surface area contributed by atoms with Crippen LogP contribution < -0.4 is 5.32 Å². The van der Waals surface area contributed by atoms with Gasteiger partial charge in [-0.25, -0.2) is 18.4 Å². The van der Waals surface area contributed by atoms with E-state index in [0.717, 1.165) is 12.1 Å². The highest BCUT2D eigenvalue weighted by Crippen LogP contribution is 2.25. The molecule has 1 aliphatic heterocycles. The second kappa shape index (κ2) is 6.40. The number of aromatic nitrogens is 2. The summed E-state index contributed by atoms with van der Waals surface area (Å²) in [5.74, 6) is 1.03. The Kier molecular flexibility index (Phi) is 4.84. The lowest BCUT2D eigenvalue weighted by molar-refractivity contribution is 0.199. The van der Waals surface area contributed by atoms with Gasteiger partial charge >= 0.3 is 0 Å². The van der Waals surface area contributed by atoms with Crippen molar-refractivity contribution < 1.29 is 13.2 Å². The number of sulfone groups is 1. The molecule has 19 heavy (non-hydrogen) atoms. The number of nitrogens with one attached hydrogen (secondary N) is 1. The first kappa shape index (κ1) is 14.4. The van der Waals surface area contributed by atoms with Gasteiger partial charge in [-0.2, -0.15) is 0 Å². The number of rotatable bonds is 6. The molecule has 0 aliphatic carbocycles. The van der Waals surface area contributed by atoms with E-state index in [9.17, 15) is 8.42 Å². The molecule has 0 radical (unpaired) electrons. The fourth-order valence-corrected chi connectivity index (χ4v) is 3.81. The second-order valence-electron chi connectivity index (χ2n) is 4.72. The van der Waals surface area contributed by atoms with Crippen LogP contribution in [0.15, 0.2) is 12.4 Å². The minimum atomic E-state index is -2.88. The van der Waals surface area contributed by atoms with Crippen LogP contribution in [-0.2, 0) is 21.1 Å². The van der Waals surface area contributed by atoms with Gasteiger partial charge in [0.1, 0.15) is 5.82 Å². The van der Waals surface area contributed by atoms with Crippen LogP contribution in [0, 0.1) is 0 Å². The van der Waals surface area contributed by atoms with E-state index in [-0.39, 0.29) is 17.4 Å². The summed E-state index contributed by atoms with van der Waals surface area (Å²) in [5, 5.41) is 3.20. The van der Waals surface area contributed by atoms with E-state index >= 15 is 0 Å². The summed E-state index contributed by atoms with van der Waals surface area (Å²) in [5.41, 5.74) is 0.987. The van der Waals surface area contributed by atoms with Crippen LogP contribution in [0.1, 0.15) is 23.7 Å². The molecule has 7 heteroatoms. The predicted octanol–water partition coefficient (Wildman–Crippen LogP) is 0.115. The Balaban J connectivity index is 1.88. The molecule has 1 aromatic rings. The third kappa shape index (κ3) is 4.22. The smallest absolute Gasteiger partial charge is 0.151 e. The number of nitrogens with zero attached hydrogens (tertiary/aromatic N) is 2. The number of hydrogen-bond acceptors (Lipinski definition) is 6. The maximum atomic E-state index is 11.4. The molecule has 1 aromatic heterocycles. The first-order chi connectivity index (χ1) is 9.11. The number of methoxy groups -OCH3 is 1. The SMILES string of the molecule is COCCNCc1cnc(C2CCS(=O)(=O)C2)nc1. The Hall–Kier alpha value is -1.05. The second-order valence-corrected chi connectivity index (χ2v) is 6.95. The standard InChI is InChI=1S/C12H19N3O3S/c1-18-4-3-13-6-10-7-14-12(15-8-10)11-2-5-19(16,17)9-11/h7-8,11,13H,2-6,9H2,1H3. The molecule has 6 nitrogen and oxygen atoms in total. The van der Waals surface area contributed by atoms with E-state index < -0.39 is 9.84 Å². The molecule has 0 spiro atoms. The van der Waals surface area contributed by atoms with Crippen LogP contribution in [0.5, 0.6) is 0 Å². The summed E-state index contributed by atoms with van der Waals surface area (Å²) in [4.78, 5) is 8.56. The Morgan fingerprint density at radius 3 is 2.74 bits per heavy atom. The molecular formula is C12H19N3O3S. The van der Waals surface area contributed by atoms with Crippen molar-refractivity contribution in [1.29, 1.82) is 0 Å². The van der Waals surface area contributed by atoms with E-state index in [1.165, 1.54) is 0 Å². The van der Waals surface area contributed by atoms with Gasteiger partial charge in [0, 0.05) is 44.1 Å². The molecule has 1 unspecified atom stereocenters. The number of ether oxygens (including phenoxy) is 1. The summed E-state index contributed by atoms with van der Waals surface area (Å²) in [6, 6.07) is 0. The maximum Gasteiger partial charge on any atom is 0.151 e. The first-order valence-corrected chi connectivity index (χ1v) is 8.14. The minimum absolute atomic E-state index is 0.0412. The van der Waals surface area contributed by atoms with Crippen molar-refractivity contribution in [3.63, 3.8) is 0 Å². The lowest BCUT2D eigenvalue weighted by Gasteiger charge is -2.07. The van der Waals surface area contributed by atoms with Crippen molar-refractivity contribution in [1.82, 2.24) is 15.3 Å². The predicted molar refractivity (Wildman–Crippen MR) is 71.6 cm³/mol. The average molecular weight is 285 g/mol. The molecule has 1 saturated heterocycles. The lowest BCUT2D eigenvalue weighted by atomic mass is 10.1. The first-order valence-electron chi connectivity index (χ1n) is 6.31. The molecule has 1 aliphatic rings. The van der Waals surface area contributed by atoms with Crippen molar-refractivity contribution >= 4 is 9.84 Å². The topological polar surface area (TPSA) is 81.2 Å². The van der Waals surface area contributed by atoms with Crippen LogP contribution in [-0.4, -0.2) is 50.2 Å². The van der Waals surface area contributed by atoms with Crippen molar-refractivity contribution in [3.8, 4) is 0 Å². The third-order valence-corrected chi connectivity index (χ3v) is 4.90. The molecule has 0 aromatic carbocycles. The highest BCUT2D eigenvalue weighted by atomic mass is 32.2. The Labute approximate surface area is 113 Å². The molecule has 2 heterocycles. The van der Waals surface area contributed by atoms with Gasteiger partial charge in [-0.05, 0) is 6.42 Å². The highest BCUT2D eigenvalue weighted by molar-refractivity contribution is 7.91. The quantitative estimate of drug-likeness (QED) is 0.747. The normalized spacial score (nSPS) is 21.6. The molecule has 0 bridgehead atoms. The maximum absolute atomic E-state index is 11.4.